The Morgan fingerprint density at radius 2 is 1.69 bits per heavy atom. The van der Waals surface area contributed by atoms with E-state index in [0.717, 1.165) is 0 Å². The van der Waals surface area contributed by atoms with Crippen LogP contribution in [0.5, 0.6) is 11.5 Å². The third-order valence-electron chi connectivity index (χ3n) is 4.80. The minimum Gasteiger partial charge on any atom is -0.573 e. The van der Waals surface area contributed by atoms with E-state index in [2.05, 4.69) is 10.0 Å². The molecule has 0 spiro atoms. The van der Waals surface area contributed by atoms with Crippen molar-refractivity contribution in [1.82, 2.24) is 0 Å². The molecule has 4 aromatic rings. The van der Waals surface area contributed by atoms with Gasteiger partial charge in [0.2, 0.25) is 0 Å². The summed E-state index contributed by atoms with van der Waals surface area (Å²) in [5, 5.41) is 3.13. The molecule has 0 unspecified atom stereocenters. The number of para-hydroxylation sites is 1. The van der Waals surface area contributed by atoms with Crippen LogP contribution in [-0.4, -0.2) is 21.4 Å². The van der Waals surface area contributed by atoms with Crippen LogP contribution in [0, 0.1) is 0 Å². The van der Waals surface area contributed by atoms with Gasteiger partial charge in [-0.15, -0.1) is 5.69 Å². The number of methoxy groups -OCH3 is 1. The van der Waals surface area contributed by atoms with Crippen LogP contribution < -0.4 is 14.8 Å². The van der Waals surface area contributed by atoms with Crippen molar-refractivity contribution < 1.29 is 27.1 Å². The van der Waals surface area contributed by atoms with Crippen LogP contribution in [-0.2, 0) is 16.6 Å². The fourth-order valence-electron chi connectivity index (χ4n) is 3.03. The van der Waals surface area contributed by atoms with E-state index in [1.165, 1.54) is 37.4 Å². The maximum atomic E-state index is 12.6. The molecule has 0 aliphatic carbocycles. The normalized spacial score (nSPS) is 11.0. The second-order valence-electron chi connectivity index (χ2n) is 7.23. The largest absolute Gasteiger partial charge is 0.573 e. The van der Waals surface area contributed by atoms with Gasteiger partial charge in [-0.1, -0.05) is 35.9 Å². The zero-order valence-corrected chi connectivity index (χ0v) is 20.0. The molecule has 35 heavy (non-hydrogen) atoms. The lowest BCUT2D eigenvalue weighted by Crippen LogP contribution is -2.11. The Hall–Kier alpha value is -3.95. The van der Waals surface area contributed by atoms with Gasteiger partial charge in [0, 0.05) is 5.69 Å². The van der Waals surface area contributed by atoms with Crippen LogP contribution in [0.4, 0.5) is 11.4 Å². The SMILES string of the molecule is COc1ccc([N-]S(=O)(=O)c2ccc(NC(=O)c3ccc(COc4ccccc4Cl)o3)cc2)cc1. The second kappa shape index (κ2) is 10.5. The van der Waals surface area contributed by atoms with Crippen molar-refractivity contribution >= 4 is 38.9 Å². The van der Waals surface area contributed by atoms with Crippen molar-refractivity contribution in [1.29, 1.82) is 0 Å². The van der Waals surface area contributed by atoms with E-state index >= 15 is 0 Å². The van der Waals surface area contributed by atoms with Crippen molar-refractivity contribution in [2.75, 3.05) is 12.4 Å². The summed E-state index contributed by atoms with van der Waals surface area (Å²) in [6.07, 6.45) is 0. The number of halogens is 1. The zero-order valence-electron chi connectivity index (χ0n) is 18.5. The van der Waals surface area contributed by atoms with E-state index in [4.69, 9.17) is 25.5 Å². The van der Waals surface area contributed by atoms with Crippen molar-refractivity contribution in [2.45, 2.75) is 11.5 Å². The molecule has 0 radical (unpaired) electrons. The molecule has 10 heteroatoms. The van der Waals surface area contributed by atoms with Gasteiger partial charge in [-0.3, -0.25) is 4.79 Å². The molecule has 4 rings (SSSR count). The van der Waals surface area contributed by atoms with Gasteiger partial charge in [0.15, 0.2) is 5.76 Å². The predicted octanol–water partition coefficient (Wildman–Crippen LogP) is 6.17. The minimum absolute atomic E-state index is 0.0108. The Morgan fingerprint density at radius 1 is 0.971 bits per heavy atom. The molecule has 1 heterocycles. The van der Waals surface area contributed by atoms with Crippen molar-refractivity contribution in [2.24, 2.45) is 0 Å². The summed E-state index contributed by atoms with van der Waals surface area (Å²) in [4.78, 5) is 12.5. The lowest BCUT2D eigenvalue weighted by Gasteiger charge is -2.22. The number of hydrogen-bond donors (Lipinski definition) is 1. The van der Waals surface area contributed by atoms with E-state index in [1.807, 2.05) is 0 Å². The zero-order chi connectivity index (χ0) is 24.8. The summed E-state index contributed by atoms with van der Waals surface area (Å²) in [5.41, 5.74) is 0.666. The highest BCUT2D eigenvalue weighted by atomic mass is 35.5. The molecule has 1 amide bonds. The summed E-state index contributed by atoms with van der Waals surface area (Å²) in [5.74, 6) is 1.13. The van der Waals surface area contributed by atoms with Crippen LogP contribution in [0.15, 0.2) is 94.2 Å². The van der Waals surface area contributed by atoms with Crippen LogP contribution in [0.3, 0.4) is 0 Å². The number of hydrogen-bond acceptors (Lipinski definition) is 6. The first-order valence-electron chi connectivity index (χ1n) is 10.3. The Labute approximate surface area is 207 Å². The lowest BCUT2D eigenvalue weighted by molar-refractivity contribution is 0.0992. The van der Waals surface area contributed by atoms with Crippen LogP contribution >= 0.6 is 11.6 Å². The van der Waals surface area contributed by atoms with Gasteiger partial charge < -0.3 is 23.9 Å². The highest BCUT2D eigenvalue weighted by Gasteiger charge is 2.13. The van der Waals surface area contributed by atoms with Crippen molar-refractivity contribution in [3.8, 4) is 11.5 Å². The number of carbonyl (C=O) groups excluding carboxylic acids is 1. The van der Waals surface area contributed by atoms with E-state index in [1.54, 1.807) is 54.6 Å². The third kappa shape index (κ3) is 6.14. The third-order valence-corrected chi connectivity index (χ3v) is 6.43. The molecular formula is C25H20ClN2O6S-. The topological polar surface area (TPSA) is 109 Å². The molecule has 0 atom stereocenters. The van der Waals surface area contributed by atoms with Gasteiger partial charge in [-0.05, 0) is 60.7 Å². The Bertz CT molecular complexity index is 1420. The highest BCUT2D eigenvalue weighted by molar-refractivity contribution is 7.94. The number of amides is 1. The summed E-state index contributed by atoms with van der Waals surface area (Å²) in [6, 6.07) is 22.2. The van der Waals surface area contributed by atoms with Crippen molar-refractivity contribution in [3.63, 3.8) is 0 Å². The van der Waals surface area contributed by atoms with E-state index in [0.29, 0.717) is 28.0 Å². The van der Waals surface area contributed by atoms with Gasteiger partial charge >= 0.3 is 0 Å². The molecule has 3 aromatic carbocycles. The molecule has 0 fully saturated rings. The minimum atomic E-state index is -3.93. The maximum Gasteiger partial charge on any atom is 0.291 e. The second-order valence-corrected chi connectivity index (χ2v) is 9.24. The molecule has 1 aromatic heterocycles. The molecular weight excluding hydrogens is 492 g/mol. The van der Waals surface area contributed by atoms with E-state index in [9.17, 15) is 13.2 Å². The molecule has 0 saturated carbocycles. The predicted molar refractivity (Wildman–Crippen MR) is 132 cm³/mol. The summed E-state index contributed by atoms with van der Waals surface area (Å²) in [6.45, 7) is 0.0985. The number of ether oxygens (including phenoxy) is 2. The van der Waals surface area contributed by atoms with E-state index in [-0.39, 0.29) is 22.9 Å². The molecule has 8 nitrogen and oxygen atoms in total. The number of nitrogens with zero attached hydrogens (tertiary/aromatic N) is 1. The number of sulfonamides is 1. The monoisotopic (exact) mass is 511 g/mol. The first-order valence-corrected chi connectivity index (χ1v) is 12.2. The summed E-state index contributed by atoms with van der Waals surface area (Å²) >= 11 is 6.06. The smallest absolute Gasteiger partial charge is 0.291 e. The first kappa shape index (κ1) is 24.2. The maximum absolute atomic E-state index is 12.6. The number of benzene rings is 3. The van der Waals surface area contributed by atoms with Gasteiger partial charge in [0.1, 0.15) is 33.9 Å². The number of carbonyl (C=O) groups is 1. The fraction of sp³-hybridized carbons (Fsp3) is 0.0800. The fourth-order valence-corrected chi connectivity index (χ4v) is 4.20. The van der Waals surface area contributed by atoms with Gasteiger partial charge in [0.05, 0.1) is 17.0 Å². The summed E-state index contributed by atoms with van der Waals surface area (Å²) in [7, 11) is -2.41. The van der Waals surface area contributed by atoms with E-state index < -0.39 is 15.9 Å². The molecule has 1 N–H and O–H groups in total. The Balaban J connectivity index is 1.36. The van der Waals surface area contributed by atoms with Gasteiger partial charge in [0.25, 0.3) is 5.91 Å². The molecule has 0 aliphatic rings. The number of rotatable bonds is 9. The molecule has 0 aliphatic heterocycles. The average molecular weight is 512 g/mol. The summed E-state index contributed by atoms with van der Waals surface area (Å²) < 4.78 is 45.2. The number of anilines is 1. The molecule has 180 valence electrons. The lowest BCUT2D eigenvalue weighted by atomic mass is 10.3. The highest BCUT2D eigenvalue weighted by Crippen LogP contribution is 2.30. The average Bonchev–Trinajstić information content (AvgIpc) is 3.33. The number of furan rings is 1. The van der Waals surface area contributed by atoms with Gasteiger partial charge in [-0.25, -0.2) is 8.42 Å². The van der Waals surface area contributed by atoms with Crippen molar-refractivity contribution in [3.05, 3.63) is 106 Å². The Morgan fingerprint density at radius 3 is 2.37 bits per heavy atom. The van der Waals surface area contributed by atoms with Crippen LogP contribution in [0.2, 0.25) is 5.02 Å². The first-order chi connectivity index (χ1) is 16.8. The Kier molecular flexibility index (Phi) is 7.28. The van der Waals surface area contributed by atoms with Gasteiger partial charge in [-0.2, -0.15) is 0 Å². The standard InChI is InChI=1S/C25H20ClN2O6S/c1-32-19-10-6-18(7-11-19)28-35(30,31)21-13-8-17(9-14-21)27-25(29)24-15-12-20(34-24)16-33-23-5-3-2-4-22(23)26/h2-15H,16H2,1H3,(H,27,29)/q-1. The quantitative estimate of drug-likeness (QED) is 0.288. The van der Waals surface area contributed by atoms with Crippen LogP contribution in [0.1, 0.15) is 16.3 Å². The molecule has 0 saturated heterocycles. The molecule has 0 bridgehead atoms. The van der Waals surface area contributed by atoms with Crippen LogP contribution in [0.25, 0.3) is 4.72 Å². The number of nitrogens with one attached hydrogen (secondary N) is 1.